The highest BCUT2D eigenvalue weighted by Crippen LogP contribution is 2.17. The third kappa shape index (κ3) is 6.06. The number of aliphatic hydroxyl groups excluding tert-OH is 1. The summed E-state index contributed by atoms with van der Waals surface area (Å²) in [4.78, 5) is 20.2. The van der Waals surface area contributed by atoms with Crippen LogP contribution in [0, 0.1) is 11.8 Å². The second kappa shape index (κ2) is 9.88. The van der Waals surface area contributed by atoms with Gasteiger partial charge in [0, 0.05) is 30.3 Å². The van der Waals surface area contributed by atoms with Crippen molar-refractivity contribution in [2.75, 3.05) is 17.7 Å². The number of hydrogen-bond acceptors (Lipinski definition) is 5. The molecule has 1 unspecified atom stereocenters. The van der Waals surface area contributed by atoms with Gasteiger partial charge in [-0.3, -0.25) is 0 Å². The minimum Gasteiger partial charge on any atom is -0.396 e. The highest BCUT2D eigenvalue weighted by atomic mass is 16.3. The molecule has 0 saturated heterocycles. The summed E-state index contributed by atoms with van der Waals surface area (Å²) in [5.41, 5.74) is 8.38. The molecule has 0 aliphatic heterocycles. The Hall–Kier alpha value is -3.89. The lowest BCUT2D eigenvalue weighted by molar-refractivity contribution is 0.239. The Morgan fingerprint density at radius 3 is 2.48 bits per heavy atom. The molecule has 3 rings (SSSR count). The normalized spacial score (nSPS) is 11.1. The molecular weight excluding hydrogens is 366 g/mol. The third-order valence-electron chi connectivity index (χ3n) is 4.07. The fraction of sp³-hybridized carbons (Fsp3) is 0.136. The molecule has 146 valence electrons. The van der Waals surface area contributed by atoms with Crippen molar-refractivity contribution < 1.29 is 9.90 Å². The van der Waals surface area contributed by atoms with Gasteiger partial charge < -0.3 is 21.5 Å². The van der Waals surface area contributed by atoms with Crippen LogP contribution in [0.1, 0.15) is 29.2 Å². The van der Waals surface area contributed by atoms with E-state index in [0.29, 0.717) is 17.7 Å². The smallest absolute Gasteiger partial charge is 0.319 e. The van der Waals surface area contributed by atoms with Gasteiger partial charge in [-0.15, -0.1) is 0 Å². The third-order valence-corrected chi connectivity index (χ3v) is 4.07. The Morgan fingerprint density at radius 1 is 1.03 bits per heavy atom. The Kier molecular flexibility index (Phi) is 6.76. The largest absolute Gasteiger partial charge is 0.396 e. The van der Waals surface area contributed by atoms with Gasteiger partial charge in [0.1, 0.15) is 0 Å². The van der Waals surface area contributed by atoms with Crippen molar-refractivity contribution in [3.63, 3.8) is 0 Å². The molecule has 0 spiro atoms. The van der Waals surface area contributed by atoms with Crippen molar-refractivity contribution in [3.8, 4) is 11.8 Å². The Morgan fingerprint density at radius 2 is 1.76 bits per heavy atom. The minimum atomic E-state index is -0.357. The van der Waals surface area contributed by atoms with E-state index >= 15 is 0 Å². The van der Waals surface area contributed by atoms with Crippen molar-refractivity contribution in [1.29, 1.82) is 0 Å². The summed E-state index contributed by atoms with van der Waals surface area (Å²) in [7, 11) is 0. The summed E-state index contributed by atoms with van der Waals surface area (Å²) < 4.78 is 0. The number of nitrogens with zero attached hydrogens (tertiary/aromatic N) is 2. The molecule has 1 atom stereocenters. The van der Waals surface area contributed by atoms with Gasteiger partial charge in [0.25, 0.3) is 0 Å². The van der Waals surface area contributed by atoms with E-state index in [1.54, 1.807) is 24.5 Å². The molecule has 2 aromatic carbocycles. The van der Waals surface area contributed by atoms with Gasteiger partial charge in [0.2, 0.25) is 5.95 Å². The number of benzene rings is 2. The maximum absolute atomic E-state index is 12.4. The first-order valence-electron chi connectivity index (χ1n) is 9.07. The molecular formula is C22H21N5O2. The molecule has 3 aromatic rings. The van der Waals surface area contributed by atoms with Crippen LogP contribution in [-0.4, -0.2) is 27.7 Å². The predicted molar refractivity (Wildman–Crippen MR) is 112 cm³/mol. The molecule has 0 radical (unpaired) electrons. The number of urea groups is 1. The van der Waals surface area contributed by atoms with Crippen LogP contribution in [0.4, 0.5) is 16.4 Å². The maximum atomic E-state index is 12.4. The van der Waals surface area contributed by atoms with Crippen LogP contribution in [-0.2, 0) is 0 Å². The molecule has 29 heavy (non-hydrogen) atoms. The number of nitrogen functional groups attached to an aromatic ring is 1. The highest BCUT2D eigenvalue weighted by Gasteiger charge is 2.14. The van der Waals surface area contributed by atoms with Gasteiger partial charge in [-0.1, -0.05) is 48.2 Å². The van der Waals surface area contributed by atoms with Crippen molar-refractivity contribution >= 4 is 17.7 Å². The Balaban J connectivity index is 1.66. The summed E-state index contributed by atoms with van der Waals surface area (Å²) in [5.74, 6) is 6.15. The zero-order valence-electron chi connectivity index (χ0n) is 15.7. The van der Waals surface area contributed by atoms with E-state index < -0.39 is 0 Å². The van der Waals surface area contributed by atoms with Gasteiger partial charge >= 0.3 is 6.03 Å². The summed E-state index contributed by atoms with van der Waals surface area (Å²) in [6, 6.07) is 16.1. The lowest BCUT2D eigenvalue weighted by Crippen LogP contribution is -2.33. The number of anilines is 2. The molecule has 0 bridgehead atoms. The van der Waals surface area contributed by atoms with Gasteiger partial charge in [0.05, 0.1) is 11.6 Å². The van der Waals surface area contributed by atoms with Gasteiger partial charge in [-0.05, 0) is 30.2 Å². The summed E-state index contributed by atoms with van der Waals surface area (Å²) >= 11 is 0. The van der Waals surface area contributed by atoms with Crippen LogP contribution < -0.4 is 16.4 Å². The predicted octanol–water partition coefficient (Wildman–Crippen LogP) is 2.70. The van der Waals surface area contributed by atoms with E-state index in [2.05, 4.69) is 32.4 Å². The van der Waals surface area contributed by atoms with Crippen LogP contribution in [0.5, 0.6) is 0 Å². The fourth-order valence-electron chi connectivity index (χ4n) is 2.68. The SMILES string of the molecule is Nc1ncc(C#Cc2cccc(NC(=O)NC(CCO)c3ccccc3)c2)cn1. The highest BCUT2D eigenvalue weighted by molar-refractivity contribution is 5.89. The summed E-state index contributed by atoms with van der Waals surface area (Å²) in [6.07, 6.45) is 3.53. The molecule has 7 heteroatoms. The summed E-state index contributed by atoms with van der Waals surface area (Å²) in [5, 5.41) is 15.0. The van der Waals surface area contributed by atoms with Crippen LogP contribution in [0.15, 0.2) is 67.0 Å². The number of carbonyl (C=O) groups excluding carboxylic acids is 1. The molecule has 0 fully saturated rings. The minimum absolute atomic E-state index is 0.0280. The van der Waals surface area contributed by atoms with E-state index in [-0.39, 0.29) is 24.6 Å². The van der Waals surface area contributed by atoms with E-state index in [1.165, 1.54) is 0 Å². The zero-order chi connectivity index (χ0) is 20.5. The first-order valence-corrected chi connectivity index (χ1v) is 9.07. The standard InChI is InChI=1S/C22H21N5O2/c23-21-24-14-17(15-25-21)10-9-16-5-4-8-19(13-16)26-22(29)27-20(11-12-28)18-6-2-1-3-7-18/h1-8,13-15,20,28H,11-12H2,(H2,23,24,25)(H2,26,27,29). The van der Waals surface area contributed by atoms with Crippen LogP contribution in [0.3, 0.4) is 0 Å². The zero-order valence-corrected chi connectivity index (χ0v) is 15.7. The number of nitrogens with two attached hydrogens (primary N) is 1. The quantitative estimate of drug-likeness (QED) is 0.503. The summed E-state index contributed by atoms with van der Waals surface area (Å²) in [6.45, 7) is -0.0280. The molecule has 0 aliphatic rings. The van der Waals surface area contributed by atoms with Crippen molar-refractivity contribution in [2.24, 2.45) is 0 Å². The first kappa shape index (κ1) is 19.9. The number of carbonyl (C=O) groups is 1. The molecule has 1 aromatic heterocycles. The first-order chi connectivity index (χ1) is 14.1. The second-order valence-electron chi connectivity index (χ2n) is 6.23. The lowest BCUT2D eigenvalue weighted by Gasteiger charge is -2.18. The average Bonchev–Trinajstić information content (AvgIpc) is 2.74. The number of rotatable bonds is 5. The molecule has 0 saturated carbocycles. The molecule has 2 amide bonds. The van der Waals surface area contributed by atoms with Gasteiger partial charge in [-0.25, -0.2) is 14.8 Å². The molecule has 5 N–H and O–H groups in total. The van der Waals surface area contributed by atoms with Crippen molar-refractivity contribution in [1.82, 2.24) is 15.3 Å². The van der Waals surface area contributed by atoms with Crippen molar-refractivity contribution in [3.05, 3.63) is 83.7 Å². The van der Waals surface area contributed by atoms with Gasteiger partial charge in [0.15, 0.2) is 0 Å². The fourth-order valence-corrected chi connectivity index (χ4v) is 2.68. The Bertz CT molecular complexity index is 1010. The van der Waals surface area contributed by atoms with Crippen LogP contribution >= 0.6 is 0 Å². The van der Waals surface area contributed by atoms with E-state index in [1.807, 2.05) is 42.5 Å². The number of nitrogens with one attached hydrogen (secondary N) is 2. The molecule has 0 aliphatic carbocycles. The van der Waals surface area contributed by atoms with E-state index in [9.17, 15) is 9.90 Å². The van der Waals surface area contributed by atoms with Crippen LogP contribution in [0.2, 0.25) is 0 Å². The number of aliphatic hydroxyl groups is 1. The average molecular weight is 387 g/mol. The van der Waals surface area contributed by atoms with Crippen molar-refractivity contribution in [2.45, 2.75) is 12.5 Å². The number of hydrogen-bond donors (Lipinski definition) is 4. The van der Waals surface area contributed by atoms with E-state index in [4.69, 9.17) is 5.73 Å². The Labute approximate surface area is 169 Å². The second-order valence-corrected chi connectivity index (χ2v) is 6.23. The van der Waals surface area contributed by atoms with Gasteiger partial charge in [-0.2, -0.15) is 0 Å². The topological polar surface area (TPSA) is 113 Å². The monoisotopic (exact) mass is 387 g/mol. The molecule has 1 heterocycles. The van der Waals surface area contributed by atoms with E-state index in [0.717, 1.165) is 11.1 Å². The lowest BCUT2D eigenvalue weighted by atomic mass is 10.0. The van der Waals surface area contributed by atoms with Crippen LogP contribution in [0.25, 0.3) is 0 Å². The maximum Gasteiger partial charge on any atom is 0.319 e. The number of amides is 2. The molecule has 7 nitrogen and oxygen atoms in total. The number of aromatic nitrogens is 2.